The lowest BCUT2D eigenvalue weighted by atomic mass is 10.0. The van der Waals surface area contributed by atoms with Crippen molar-refractivity contribution in [1.82, 2.24) is 4.57 Å². The van der Waals surface area contributed by atoms with Gasteiger partial charge in [0.05, 0.1) is 17.2 Å². The van der Waals surface area contributed by atoms with Crippen LogP contribution in [0.4, 0.5) is 0 Å². The molecule has 2 heterocycles. The molecule has 136 valence electrons. The molecular weight excluding hydrogens is 370 g/mol. The lowest BCUT2D eigenvalue weighted by molar-refractivity contribution is 0.422. The van der Waals surface area contributed by atoms with Crippen molar-refractivity contribution < 1.29 is 4.74 Å². The maximum atomic E-state index is 5.96. The topological polar surface area (TPSA) is 14.2 Å². The monoisotopic (exact) mass is 391 g/mol. The van der Waals surface area contributed by atoms with Gasteiger partial charge in [-0.25, -0.2) is 0 Å². The van der Waals surface area contributed by atoms with Crippen molar-refractivity contribution in [2.75, 3.05) is 18.6 Å². The van der Waals surface area contributed by atoms with E-state index in [1.165, 1.54) is 44.3 Å². The van der Waals surface area contributed by atoms with Crippen molar-refractivity contribution >= 4 is 45.2 Å². The highest BCUT2D eigenvalue weighted by molar-refractivity contribution is 8.19. The lowest BCUT2D eigenvalue weighted by Gasteiger charge is -2.12. The lowest BCUT2D eigenvalue weighted by Crippen LogP contribution is -1.99. The summed E-state index contributed by atoms with van der Waals surface area (Å²) in [6.45, 7) is 0.855. The first kappa shape index (κ1) is 17.1. The molecule has 0 aliphatic carbocycles. The number of aromatic nitrogens is 1. The first-order chi connectivity index (χ1) is 13.3. The molecule has 0 atom stereocenters. The average Bonchev–Trinajstić information content (AvgIpc) is 3.35. The van der Waals surface area contributed by atoms with Gasteiger partial charge in [-0.2, -0.15) is 0 Å². The van der Waals surface area contributed by atoms with Crippen LogP contribution in [-0.2, 0) is 6.54 Å². The summed E-state index contributed by atoms with van der Waals surface area (Å²) in [5.41, 5.74) is 3.95. The van der Waals surface area contributed by atoms with Gasteiger partial charge in [-0.05, 0) is 17.0 Å². The Morgan fingerprint density at radius 3 is 2.48 bits per heavy atom. The minimum Gasteiger partial charge on any atom is -0.494 e. The van der Waals surface area contributed by atoms with E-state index < -0.39 is 0 Å². The molecule has 0 saturated carbocycles. The molecule has 0 spiro atoms. The fourth-order valence-electron chi connectivity index (χ4n) is 3.95. The summed E-state index contributed by atoms with van der Waals surface area (Å²) >= 11 is 4.12. The van der Waals surface area contributed by atoms with Crippen molar-refractivity contribution in [3.8, 4) is 5.75 Å². The third-order valence-corrected chi connectivity index (χ3v) is 8.21. The summed E-state index contributed by atoms with van der Waals surface area (Å²) in [6, 6.07) is 21.6. The fraction of sp³-hybridized carbons (Fsp3) is 0.217. The highest BCUT2D eigenvalue weighted by atomic mass is 32.2. The number of rotatable bonds is 4. The van der Waals surface area contributed by atoms with E-state index in [1.807, 2.05) is 0 Å². The fourth-order valence-corrected chi connectivity index (χ4v) is 6.84. The number of methoxy groups -OCH3 is 1. The van der Waals surface area contributed by atoms with Gasteiger partial charge in [0, 0.05) is 40.6 Å². The maximum absolute atomic E-state index is 5.96. The Bertz CT molecular complexity index is 1100. The van der Waals surface area contributed by atoms with Gasteiger partial charge in [0.2, 0.25) is 0 Å². The van der Waals surface area contributed by atoms with Crippen LogP contribution in [0.2, 0.25) is 0 Å². The predicted octanol–water partition coefficient (Wildman–Crippen LogP) is 6.33. The summed E-state index contributed by atoms with van der Waals surface area (Å²) in [7, 11) is 1.79. The zero-order chi connectivity index (χ0) is 18.2. The predicted molar refractivity (Wildman–Crippen MR) is 119 cm³/mol. The Morgan fingerprint density at radius 1 is 0.963 bits per heavy atom. The molecule has 4 aromatic rings. The smallest absolute Gasteiger partial charge is 0.150 e. The second kappa shape index (κ2) is 7.17. The first-order valence-electron chi connectivity index (χ1n) is 9.21. The number of thioether (sulfide) groups is 2. The van der Waals surface area contributed by atoms with Gasteiger partial charge in [-0.15, -0.1) is 23.5 Å². The third-order valence-electron chi connectivity index (χ3n) is 5.14. The Balaban J connectivity index is 1.78. The van der Waals surface area contributed by atoms with Gasteiger partial charge in [0.25, 0.3) is 0 Å². The van der Waals surface area contributed by atoms with Gasteiger partial charge >= 0.3 is 0 Å². The van der Waals surface area contributed by atoms with Gasteiger partial charge in [0.1, 0.15) is 0 Å². The molecule has 0 N–H and O–H groups in total. The van der Waals surface area contributed by atoms with E-state index in [4.69, 9.17) is 4.74 Å². The number of fused-ring (bicyclic) bond motifs is 2. The van der Waals surface area contributed by atoms with E-state index in [-0.39, 0.29) is 0 Å². The molecule has 5 rings (SSSR count). The molecule has 1 aromatic heterocycles. The number of benzene rings is 3. The standard InChI is InChI=1S/C23H21NOS2/c1-25-22-18-10-6-5-9-17(18)13-19-20(23-26-11-12-27-23)15-24(21(19)22)14-16-7-3-2-4-8-16/h2-10,13,15,23H,11-12,14H2,1H3. The quantitative estimate of drug-likeness (QED) is 0.404. The summed E-state index contributed by atoms with van der Waals surface area (Å²) in [5.74, 6) is 3.44. The van der Waals surface area contributed by atoms with Crippen LogP contribution < -0.4 is 4.74 Å². The van der Waals surface area contributed by atoms with Gasteiger partial charge in [0.15, 0.2) is 5.75 Å². The molecule has 0 radical (unpaired) electrons. The van der Waals surface area contributed by atoms with E-state index in [9.17, 15) is 0 Å². The number of ether oxygens (including phenoxy) is 1. The molecule has 1 aliphatic rings. The maximum Gasteiger partial charge on any atom is 0.150 e. The molecule has 1 fully saturated rings. The van der Waals surface area contributed by atoms with Gasteiger partial charge < -0.3 is 9.30 Å². The Hall–Kier alpha value is -2.04. The van der Waals surface area contributed by atoms with E-state index in [0.717, 1.165) is 12.3 Å². The second-order valence-corrected chi connectivity index (χ2v) is 9.52. The van der Waals surface area contributed by atoms with Crippen molar-refractivity contribution in [3.05, 3.63) is 78.0 Å². The van der Waals surface area contributed by atoms with E-state index in [0.29, 0.717) is 4.58 Å². The minimum absolute atomic E-state index is 0.510. The largest absolute Gasteiger partial charge is 0.494 e. The summed E-state index contributed by atoms with van der Waals surface area (Å²) < 4.78 is 8.85. The summed E-state index contributed by atoms with van der Waals surface area (Å²) in [4.78, 5) is 0. The Kier molecular flexibility index (Phi) is 4.54. The normalized spacial score (nSPS) is 15.0. The number of hydrogen-bond acceptors (Lipinski definition) is 3. The van der Waals surface area contributed by atoms with Gasteiger partial charge in [-0.3, -0.25) is 0 Å². The molecule has 0 amide bonds. The van der Waals surface area contributed by atoms with E-state index >= 15 is 0 Å². The zero-order valence-corrected chi connectivity index (χ0v) is 16.9. The number of nitrogens with zero attached hydrogens (tertiary/aromatic N) is 1. The third kappa shape index (κ3) is 3.01. The highest BCUT2D eigenvalue weighted by Crippen LogP contribution is 2.50. The molecule has 4 heteroatoms. The van der Waals surface area contributed by atoms with Crippen LogP contribution >= 0.6 is 23.5 Å². The highest BCUT2D eigenvalue weighted by Gasteiger charge is 2.25. The van der Waals surface area contributed by atoms with Crippen molar-refractivity contribution in [1.29, 1.82) is 0 Å². The summed E-state index contributed by atoms with van der Waals surface area (Å²) in [5, 5.41) is 3.75. The van der Waals surface area contributed by atoms with Crippen LogP contribution in [0.3, 0.4) is 0 Å². The van der Waals surface area contributed by atoms with Crippen LogP contribution in [-0.4, -0.2) is 23.2 Å². The Morgan fingerprint density at radius 2 is 1.70 bits per heavy atom. The molecular formula is C23H21NOS2. The molecule has 0 bridgehead atoms. The van der Waals surface area contributed by atoms with Crippen molar-refractivity contribution in [2.45, 2.75) is 11.1 Å². The minimum atomic E-state index is 0.510. The second-order valence-electron chi connectivity index (χ2n) is 6.80. The van der Waals surface area contributed by atoms with Crippen LogP contribution in [0.1, 0.15) is 15.7 Å². The first-order valence-corrected chi connectivity index (χ1v) is 11.3. The molecule has 3 aromatic carbocycles. The molecule has 2 nitrogen and oxygen atoms in total. The zero-order valence-electron chi connectivity index (χ0n) is 15.2. The SMILES string of the molecule is COc1c2ccccc2cc2c(C3SCCS3)cn(Cc3ccccc3)c12. The van der Waals surface area contributed by atoms with E-state index in [2.05, 4.69) is 95.0 Å². The van der Waals surface area contributed by atoms with Crippen LogP contribution in [0.15, 0.2) is 66.9 Å². The average molecular weight is 392 g/mol. The molecule has 0 unspecified atom stereocenters. The molecule has 1 aliphatic heterocycles. The van der Waals surface area contributed by atoms with Crippen LogP contribution in [0, 0.1) is 0 Å². The van der Waals surface area contributed by atoms with E-state index in [1.54, 1.807) is 7.11 Å². The molecule has 27 heavy (non-hydrogen) atoms. The van der Waals surface area contributed by atoms with Crippen LogP contribution in [0.25, 0.3) is 21.7 Å². The van der Waals surface area contributed by atoms with Crippen molar-refractivity contribution in [3.63, 3.8) is 0 Å². The van der Waals surface area contributed by atoms with Crippen molar-refractivity contribution in [2.24, 2.45) is 0 Å². The summed E-state index contributed by atoms with van der Waals surface area (Å²) in [6.07, 6.45) is 2.36. The number of hydrogen-bond donors (Lipinski definition) is 0. The van der Waals surface area contributed by atoms with Crippen LogP contribution in [0.5, 0.6) is 5.75 Å². The van der Waals surface area contributed by atoms with Gasteiger partial charge in [-0.1, -0.05) is 54.6 Å². The Labute approximate surface area is 167 Å². The molecule has 1 saturated heterocycles.